The summed E-state index contributed by atoms with van der Waals surface area (Å²) in [5, 5.41) is 0. The first-order chi connectivity index (χ1) is 5.67. The second-order valence-electron chi connectivity index (χ2n) is 1.79. The van der Waals surface area contributed by atoms with Crippen LogP contribution in [0.4, 0.5) is 0 Å². The second kappa shape index (κ2) is 5.03. The predicted molar refractivity (Wildman–Crippen MR) is 37.2 cm³/mol. The summed E-state index contributed by atoms with van der Waals surface area (Å²) in [5.41, 5.74) is 8.08. The van der Waals surface area contributed by atoms with Crippen molar-refractivity contribution in [1.82, 2.24) is 0 Å². The van der Waals surface area contributed by atoms with E-state index in [0.29, 0.717) is 0 Å². The molecule has 0 aliphatic carbocycles. The Labute approximate surface area is 68.7 Å². The van der Waals surface area contributed by atoms with Gasteiger partial charge in [-0.25, -0.2) is 0 Å². The summed E-state index contributed by atoms with van der Waals surface area (Å²) >= 11 is 0. The van der Waals surface area contributed by atoms with Crippen LogP contribution < -0.4 is 0 Å². The Balaban J connectivity index is 4.53. The van der Waals surface area contributed by atoms with Crippen LogP contribution in [-0.2, 0) is 19.1 Å². The van der Waals surface area contributed by atoms with E-state index in [0.717, 1.165) is 20.4 Å². The van der Waals surface area contributed by atoms with E-state index < -0.39 is 17.9 Å². The van der Waals surface area contributed by atoms with Crippen LogP contribution in [0, 0.1) is 5.92 Å². The molecule has 6 heteroatoms. The standard InChI is InChI=1S/C6H8N2O4/c1-11-5(9)4(3-8-7)6(10)12-2/h3-4H,1-2H3. The summed E-state index contributed by atoms with van der Waals surface area (Å²) in [6.07, 6.45) is 0.734. The van der Waals surface area contributed by atoms with Gasteiger partial charge in [-0.2, -0.15) is 4.79 Å². The molecule has 0 amide bonds. The molecule has 0 N–H and O–H groups in total. The highest BCUT2D eigenvalue weighted by atomic mass is 16.5. The first-order valence-corrected chi connectivity index (χ1v) is 3.00. The van der Waals surface area contributed by atoms with Crippen molar-refractivity contribution in [2.75, 3.05) is 14.2 Å². The maximum atomic E-state index is 10.8. The number of esters is 2. The number of hydrogen-bond donors (Lipinski definition) is 0. The molecule has 0 saturated carbocycles. The third-order valence-corrected chi connectivity index (χ3v) is 1.13. The van der Waals surface area contributed by atoms with E-state index in [1.807, 2.05) is 0 Å². The molecule has 0 aromatic heterocycles. The van der Waals surface area contributed by atoms with Crippen LogP contribution in [0.5, 0.6) is 0 Å². The lowest BCUT2D eigenvalue weighted by atomic mass is 10.2. The minimum absolute atomic E-state index is 0.734. The molecule has 0 heterocycles. The Morgan fingerprint density at radius 3 is 2.00 bits per heavy atom. The number of methoxy groups -OCH3 is 2. The summed E-state index contributed by atoms with van der Waals surface area (Å²) in [6, 6.07) is 0. The van der Waals surface area contributed by atoms with Crippen molar-refractivity contribution in [3.05, 3.63) is 5.53 Å². The van der Waals surface area contributed by atoms with Crippen LogP contribution in [0.1, 0.15) is 0 Å². The van der Waals surface area contributed by atoms with Gasteiger partial charge in [-0.1, -0.05) is 0 Å². The van der Waals surface area contributed by atoms with Crippen LogP contribution in [0.15, 0.2) is 0 Å². The zero-order valence-corrected chi connectivity index (χ0v) is 6.68. The molecular weight excluding hydrogens is 164 g/mol. The van der Waals surface area contributed by atoms with Crippen LogP contribution in [0.25, 0.3) is 5.53 Å². The number of carbonyl (C=O) groups excluding carboxylic acids is 2. The summed E-state index contributed by atoms with van der Waals surface area (Å²) in [5.74, 6) is -2.97. The van der Waals surface area contributed by atoms with Gasteiger partial charge in [-0.05, 0) is 0 Å². The van der Waals surface area contributed by atoms with Crippen LogP contribution in [-0.4, -0.2) is 37.2 Å². The highest BCUT2D eigenvalue weighted by Crippen LogP contribution is 1.97. The van der Waals surface area contributed by atoms with Crippen LogP contribution in [0.3, 0.4) is 0 Å². The molecule has 0 spiro atoms. The molecule has 0 saturated heterocycles. The summed E-state index contributed by atoms with van der Waals surface area (Å²) in [4.78, 5) is 24.1. The smallest absolute Gasteiger partial charge is 0.331 e. The van der Waals surface area contributed by atoms with Gasteiger partial charge in [-0.15, -0.1) is 0 Å². The molecular formula is C6H8N2O4. The first kappa shape index (κ1) is 10.3. The molecule has 0 fully saturated rings. The average molecular weight is 172 g/mol. The van der Waals surface area contributed by atoms with Gasteiger partial charge < -0.3 is 15.0 Å². The lowest BCUT2D eigenvalue weighted by Crippen LogP contribution is -2.27. The summed E-state index contributed by atoms with van der Waals surface area (Å²) in [7, 11) is 2.23. The van der Waals surface area contributed by atoms with Gasteiger partial charge in [0.1, 0.15) is 0 Å². The molecule has 0 atom stereocenters. The quantitative estimate of drug-likeness (QED) is 0.184. The lowest BCUT2D eigenvalue weighted by Gasteiger charge is -2.02. The van der Waals surface area contributed by atoms with Gasteiger partial charge >= 0.3 is 11.9 Å². The molecule has 0 bridgehead atoms. The highest BCUT2D eigenvalue weighted by Gasteiger charge is 2.30. The number of hydrogen-bond acceptors (Lipinski definition) is 4. The van der Waals surface area contributed by atoms with E-state index in [4.69, 9.17) is 5.53 Å². The van der Waals surface area contributed by atoms with Gasteiger partial charge in [0.2, 0.25) is 5.92 Å². The molecule has 0 aliphatic heterocycles. The number of carbonyl (C=O) groups is 2. The molecule has 0 aromatic rings. The Morgan fingerprint density at radius 2 is 1.75 bits per heavy atom. The van der Waals surface area contributed by atoms with Crippen LogP contribution >= 0.6 is 0 Å². The zero-order chi connectivity index (χ0) is 9.56. The molecule has 66 valence electrons. The summed E-state index contributed by atoms with van der Waals surface area (Å²) < 4.78 is 8.49. The number of rotatable bonds is 3. The van der Waals surface area contributed by atoms with Crippen molar-refractivity contribution in [3.8, 4) is 0 Å². The van der Waals surface area contributed by atoms with Gasteiger partial charge in [0, 0.05) is 0 Å². The largest absolute Gasteiger partial charge is 0.468 e. The van der Waals surface area contributed by atoms with Gasteiger partial charge in [0.15, 0.2) is 0 Å². The minimum atomic E-state index is -1.30. The van der Waals surface area contributed by atoms with E-state index >= 15 is 0 Å². The fourth-order valence-corrected chi connectivity index (χ4v) is 0.539. The molecule has 0 aliphatic rings. The van der Waals surface area contributed by atoms with Crippen molar-refractivity contribution < 1.29 is 23.9 Å². The summed E-state index contributed by atoms with van der Waals surface area (Å²) in [6.45, 7) is 0. The number of nitrogens with zero attached hydrogens (tertiary/aromatic N) is 2. The zero-order valence-electron chi connectivity index (χ0n) is 6.68. The van der Waals surface area contributed by atoms with E-state index in [-0.39, 0.29) is 0 Å². The lowest BCUT2D eigenvalue weighted by molar-refractivity contribution is -0.156. The Bertz CT molecular complexity index is 216. The molecule has 0 radical (unpaired) electrons. The van der Waals surface area contributed by atoms with Crippen molar-refractivity contribution in [2.45, 2.75) is 0 Å². The normalized spacial score (nSPS) is 8.58. The third kappa shape index (κ3) is 2.51. The fourth-order valence-electron chi connectivity index (χ4n) is 0.539. The third-order valence-electron chi connectivity index (χ3n) is 1.13. The van der Waals surface area contributed by atoms with Crippen molar-refractivity contribution >= 4 is 18.2 Å². The average Bonchev–Trinajstić information content (AvgIpc) is 2.11. The molecule has 0 unspecified atom stereocenters. The van der Waals surface area contributed by atoms with E-state index in [1.165, 1.54) is 0 Å². The van der Waals surface area contributed by atoms with E-state index in [2.05, 4.69) is 14.3 Å². The SMILES string of the molecule is COC(=O)C(C=[N+]=[N-])C(=O)OC. The fraction of sp³-hybridized carbons (Fsp3) is 0.500. The molecule has 0 aromatic carbocycles. The molecule has 6 nitrogen and oxygen atoms in total. The molecule has 12 heavy (non-hydrogen) atoms. The maximum Gasteiger partial charge on any atom is 0.331 e. The topological polar surface area (TPSA) is 89.0 Å². The maximum absolute atomic E-state index is 10.8. The van der Waals surface area contributed by atoms with Crippen molar-refractivity contribution in [3.63, 3.8) is 0 Å². The number of ether oxygens (including phenoxy) is 2. The van der Waals surface area contributed by atoms with Gasteiger partial charge in [0.25, 0.3) is 6.21 Å². The Kier molecular flexibility index (Phi) is 4.33. The predicted octanol–water partition coefficient (Wildman–Crippen LogP) is -0.751. The van der Waals surface area contributed by atoms with E-state index in [1.54, 1.807) is 0 Å². The van der Waals surface area contributed by atoms with Gasteiger partial charge in [-0.3, -0.25) is 9.59 Å². The Hall–Kier alpha value is -1.68. The van der Waals surface area contributed by atoms with E-state index in [9.17, 15) is 9.59 Å². The first-order valence-electron chi connectivity index (χ1n) is 3.00. The van der Waals surface area contributed by atoms with Gasteiger partial charge in [0.05, 0.1) is 14.2 Å². The monoisotopic (exact) mass is 172 g/mol. The van der Waals surface area contributed by atoms with Crippen molar-refractivity contribution in [1.29, 1.82) is 0 Å². The second-order valence-corrected chi connectivity index (χ2v) is 1.79. The van der Waals surface area contributed by atoms with Crippen molar-refractivity contribution in [2.24, 2.45) is 5.92 Å². The Morgan fingerprint density at radius 1 is 1.33 bits per heavy atom. The minimum Gasteiger partial charge on any atom is -0.468 e. The molecule has 0 rings (SSSR count). The van der Waals surface area contributed by atoms with Crippen LogP contribution in [0.2, 0.25) is 0 Å². The highest BCUT2D eigenvalue weighted by molar-refractivity contribution is 6.07.